The van der Waals surface area contributed by atoms with Gasteiger partial charge in [-0.2, -0.15) is 13.2 Å². The molecular weight excluding hydrogens is 334 g/mol. The number of alkyl halides is 3. The van der Waals surface area contributed by atoms with Gasteiger partial charge in [-0.25, -0.2) is 4.99 Å². The van der Waals surface area contributed by atoms with Crippen LogP contribution < -0.4 is 10.6 Å². The molecule has 126 valence electrons. The molecule has 0 N–H and O–H groups in total. The Morgan fingerprint density at radius 1 is 1.12 bits per heavy atom. The maximum Gasteiger partial charge on any atom is 0.416 e. The maximum atomic E-state index is 13.1. The van der Waals surface area contributed by atoms with Crippen LogP contribution in [0.15, 0.2) is 47.5 Å². The fourth-order valence-corrected chi connectivity index (χ4v) is 3.55. The monoisotopic (exact) mass is 351 g/mol. The Morgan fingerprint density at radius 3 is 2.42 bits per heavy atom. The van der Waals surface area contributed by atoms with E-state index in [9.17, 15) is 13.2 Å². The Hall–Kier alpha value is -1.87. The van der Waals surface area contributed by atoms with E-state index < -0.39 is 11.7 Å². The molecular formula is C18H17F3NOP. The molecule has 0 aromatic heterocycles. The van der Waals surface area contributed by atoms with Gasteiger partial charge in [0.05, 0.1) is 11.6 Å². The van der Waals surface area contributed by atoms with Crippen LogP contribution in [-0.2, 0) is 10.9 Å². The van der Waals surface area contributed by atoms with Gasteiger partial charge in [0, 0.05) is 5.56 Å². The van der Waals surface area contributed by atoms with E-state index >= 15 is 0 Å². The quantitative estimate of drug-likeness (QED) is 0.771. The Labute approximate surface area is 140 Å². The molecule has 0 saturated carbocycles. The summed E-state index contributed by atoms with van der Waals surface area (Å²) in [6.45, 7) is 4.28. The molecule has 6 heteroatoms. The van der Waals surface area contributed by atoms with Crippen molar-refractivity contribution in [2.24, 2.45) is 4.99 Å². The molecule has 0 fully saturated rings. The van der Waals surface area contributed by atoms with Gasteiger partial charge < -0.3 is 4.74 Å². The van der Waals surface area contributed by atoms with E-state index in [2.05, 4.69) is 4.99 Å². The van der Waals surface area contributed by atoms with Gasteiger partial charge in [0.15, 0.2) is 0 Å². The smallest absolute Gasteiger partial charge is 0.416 e. The van der Waals surface area contributed by atoms with E-state index in [0.717, 1.165) is 28.3 Å². The molecule has 0 aliphatic carbocycles. The van der Waals surface area contributed by atoms with Crippen LogP contribution >= 0.6 is 8.58 Å². The van der Waals surface area contributed by atoms with Crippen LogP contribution in [0.5, 0.6) is 0 Å². The standard InChI is InChI=1S/C18H17F3NOP/c1-11-3-6-14(7-4-11)24-16-8-5-13(18(19,20)21)9-15(16)17-22-12(2)10-23-17/h3-9,12,24H,10H2,1-2H3/t12-/m0/s1. The number of hydrogen-bond acceptors (Lipinski definition) is 2. The fourth-order valence-electron chi connectivity index (χ4n) is 2.42. The highest BCUT2D eigenvalue weighted by Gasteiger charge is 2.32. The molecule has 2 aromatic carbocycles. The van der Waals surface area contributed by atoms with E-state index in [0.29, 0.717) is 18.1 Å². The van der Waals surface area contributed by atoms with Gasteiger partial charge in [0.25, 0.3) is 0 Å². The summed E-state index contributed by atoms with van der Waals surface area (Å²) in [6.07, 6.45) is -4.38. The minimum atomic E-state index is -4.38. The van der Waals surface area contributed by atoms with E-state index in [4.69, 9.17) is 4.74 Å². The summed E-state index contributed by atoms with van der Waals surface area (Å²) in [6, 6.07) is 11.8. The lowest BCUT2D eigenvalue weighted by Gasteiger charge is -2.14. The van der Waals surface area contributed by atoms with Crippen LogP contribution in [0, 0.1) is 6.92 Å². The van der Waals surface area contributed by atoms with E-state index in [-0.39, 0.29) is 14.6 Å². The molecule has 1 aliphatic heterocycles. The second kappa shape index (κ2) is 6.56. The third-order valence-electron chi connectivity index (χ3n) is 3.71. The number of halogens is 3. The summed E-state index contributed by atoms with van der Waals surface area (Å²) in [5.41, 5.74) is 0.905. The molecule has 3 rings (SSSR count). The molecule has 0 spiro atoms. The highest BCUT2D eigenvalue weighted by molar-refractivity contribution is 7.55. The first kappa shape index (κ1) is 17.0. The molecule has 0 amide bonds. The highest BCUT2D eigenvalue weighted by atomic mass is 31.1. The lowest BCUT2D eigenvalue weighted by molar-refractivity contribution is -0.137. The second-order valence-corrected chi connectivity index (χ2v) is 7.21. The van der Waals surface area contributed by atoms with Crippen molar-refractivity contribution in [3.05, 3.63) is 59.2 Å². The Morgan fingerprint density at radius 2 is 1.83 bits per heavy atom. The molecule has 1 heterocycles. The van der Waals surface area contributed by atoms with Crippen LogP contribution in [0.25, 0.3) is 0 Å². The zero-order valence-electron chi connectivity index (χ0n) is 13.3. The number of nitrogens with zero attached hydrogens (tertiary/aromatic N) is 1. The minimum Gasteiger partial charge on any atom is -0.475 e. The minimum absolute atomic E-state index is 0.0369. The van der Waals surface area contributed by atoms with Crippen LogP contribution in [0.1, 0.15) is 23.6 Å². The Kier molecular flexibility index (Phi) is 4.64. The largest absolute Gasteiger partial charge is 0.475 e. The molecule has 0 saturated heterocycles. The molecule has 0 bridgehead atoms. The summed E-state index contributed by atoms with van der Waals surface area (Å²) >= 11 is 0. The van der Waals surface area contributed by atoms with Gasteiger partial charge in [-0.1, -0.05) is 44.5 Å². The first-order chi connectivity index (χ1) is 11.3. The van der Waals surface area contributed by atoms with Gasteiger partial charge in [0.1, 0.15) is 6.61 Å². The van der Waals surface area contributed by atoms with Crippen LogP contribution in [0.3, 0.4) is 0 Å². The van der Waals surface area contributed by atoms with Crippen molar-refractivity contribution in [2.75, 3.05) is 6.61 Å². The Balaban J connectivity index is 2.01. The third-order valence-corrected chi connectivity index (χ3v) is 5.03. The predicted octanol–water partition coefficient (Wildman–Crippen LogP) is 3.81. The van der Waals surface area contributed by atoms with E-state index in [1.54, 1.807) is 0 Å². The summed E-state index contributed by atoms with van der Waals surface area (Å²) in [4.78, 5) is 4.33. The number of aliphatic imine (C=N–C) groups is 1. The molecule has 1 aliphatic rings. The van der Waals surface area contributed by atoms with Crippen molar-refractivity contribution in [3.8, 4) is 0 Å². The van der Waals surface area contributed by atoms with Crippen LogP contribution in [0.2, 0.25) is 0 Å². The van der Waals surface area contributed by atoms with Gasteiger partial charge >= 0.3 is 6.18 Å². The van der Waals surface area contributed by atoms with Crippen LogP contribution in [0.4, 0.5) is 13.2 Å². The maximum absolute atomic E-state index is 13.1. The van der Waals surface area contributed by atoms with Crippen molar-refractivity contribution in [3.63, 3.8) is 0 Å². The van der Waals surface area contributed by atoms with Crippen molar-refractivity contribution in [1.82, 2.24) is 0 Å². The zero-order chi connectivity index (χ0) is 17.3. The van der Waals surface area contributed by atoms with E-state index in [1.165, 1.54) is 6.07 Å². The van der Waals surface area contributed by atoms with Gasteiger partial charge in [0.2, 0.25) is 5.90 Å². The average Bonchev–Trinajstić information content (AvgIpc) is 2.95. The normalized spacial score (nSPS) is 18.0. The molecule has 0 radical (unpaired) electrons. The van der Waals surface area contributed by atoms with Gasteiger partial charge in [-0.3, -0.25) is 0 Å². The third kappa shape index (κ3) is 3.78. The van der Waals surface area contributed by atoms with Crippen molar-refractivity contribution >= 4 is 25.1 Å². The molecule has 2 nitrogen and oxygen atoms in total. The van der Waals surface area contributed by atoms with Crippen molar-refractivity contribution < 1.29 is 17.9 Å². The lowest BCUT2D eigenvalue weighted by Crippen LogP contribution is -2.18. The topological polar surface area (TPSA) is 21.6 Å². The zero-order valence-corrected chi connectivity index (χ0v) is 14.3. The summed E-state index contributed by atoms with van der Waals surface area (Å²) in [7, 11) is 0.242. The van der Waals surface area contributed by atoms with Gasteiger partial charge in [-0.05, 0) is 36.6 Å². The van der Waals surface area contributed by atoms with Gasteiger partial charge in [-0.15, -0.1) is 0 Å². The number of ether oxygens (including phenoxy) is 1. The molecule has 2 aromatic rings. The number of benzene rings is 2. The second-order valence-electron chi connectivity index (χ2n) is 5.84. The average molecular weight is 351 g/mol. The number of hydrogen-bond donors (Lipinski definition) is 0. The number of rotatable bonds is 3. The summed E-state index contributed by atoms with van der Waals surface area (Å²) in [5.74, 6) is 0.309. The molecule has 24 heavy (non-hydrogen) atoms. The first-order valence-corrected chi connectivity index (χ1v) is 8.59. The molecule has 1 unspecified atom stereocenters. The van der Waals surface area contributed by atoms with Crippen molar-refractivity contribution in [2.45, 2.75) is 26.1 Å². The van der Waals surface area contributed by atoms with E-state index in [1.807, 2.05) is 38.1 Å². The number of aryl methyl sites for hydroxylation is 1. The summed E-state index contributed by atoms with van der Waals surface area (Å²) in [5, 5.41) is 1.87. The Bertz CT molecular complexity index is 769. The lowest BCUT2D eigenvalue weighted by atomic mass is 10.1. The van der Waals surface area contributed by atoms with Crippen LogP contribution in [-0.4, -0.2) is 18.5 Å². The molecule has 2 atom stereocenters. The predicted molar refractivity (Wildman–Crippen MR) is 92.2 cm³/mol. The first-order valence-electron chi connectivity index (χ1n) is 7.59. The van der Waals surface area contributed by atoms with Crippen molar-refractivity contribution in [1.29, 1.82) is 0 Å². The summed E-state index contributed by atoms with van der Waals surface area (Å²) < 4.78 is 44.7. The highest BCUT2D eigenvalue weighted by Crippen LogP contribution is 2.31. The fraction of sp³-hybridized carbons (Fsp3) is 0.278. The SMILES string of the molecule is Cc1ccc(Pc2ccc(C(F)(F)F)cc2C2=N[C@@H](C)CO2)cc1.